The van der Waals surface area contributed by atoms with E-state index >= 15 is 0 Å². The van der Waals surface area contributed by atoms with Gasteiger partial charge in [0.05, 0.1) is 4.99 Å². The Morgan fingerprint density at radius 2 is 2.23 bits per heavy atom. The van der Waals surface area contributed by atoms with E-state index in [1.165, 1.54) is 4.57 Å². The average molecular weight is 325 g/mol. The summed E-state index contributed by atoms with van der Waals surface area (Å²) in [6.07, 6.45) is 4.05. The van der Waals surface area contributed by atoms with Crippen LogP contribution in [0.25, 0.3) is 0 Å². The highest BCUT2D eigenvalue weighted by Crippen LogP contribution is 2.03. The lowest BCUT2D eigenvalue weighted by Crippen LogP contribution is -2.33. The SMILES string of the molecule is CCCCN(C)C(=O)COc1cccn(CCC(N)=S)c1=O. The van der Waals surface area contributed by atoms with Crippen LogP contribution in [-0.2, 0) is 11.3 Å². The Balaban J connectivity index is 2.62. The maximum atomic E-state index is 12.2. The Kier molecular flexibility index (Phi) is 7.59. The van der Waals surface area contributed by atoms with Crippen LogP contribution in [0.4, 0.5) is 0 Å². The molecule has 0 saturated heterocycles. The van der Waals surface area contributed by atoms with E-state index in [0.717, 1.165) is 12.8 Å². The number of unbranched alkanes of at least 4 members (excludes halogenated alkanes) is 1. The monoisotopic (exact) mass is 325 g/mol. The van der Waals surface area contributed by atoms with Crippen LogP contribution in [0.1, 0.15) is 26.2 Å². The quantitative estimate of drug-likeness (QED) is 0.690. The molecular formula is C15H23N3O3S. The summed E-state index contributed by atoms with van der Waals surface area (Å²) in [6, 6.07) is 3.25. The lowest BCUT2D eigenvalue weighted by Gasteiger charge is -2.17. The second-order valence-corrected chi connectivity index (χ2v) is 5.57. The second-order valence-electron chi connectivity index (χ2n) is 5.04. The lowest BCUT2D eigenvalue weighted by molar-refractivity contribution is -0.132. The minimum absolute atomic E-state index is 0.144. The van der Waals surface area contributed by atoms with Crippen LogP contribution in [-0.4, -0.2) is 40.6 Å². The van der Waals surface area contributed by atoms with Crippen molar-refractivity contribution in [3.05, 3.63) is 28.7 Å². The summed E-state index contributed by atoms with van der Waals surface area (Å²) in [4.78, 5) is 26.0. The Morgan fingerprint density at radius 3 is 2.86 bits per heavy atom. The van der Waals surface area contributed by atoms with E-state index in [-0.39, 0.29) is 23.8 Å². The highest BCUT2D eigenvalue weighted by atomic mass is 32.1. The summed E-state index contributed by atoms with van der Waals surface area (Å²) < 4.78 is 6.83. The third kappa shape index (κ3) is 5.85. The number of likely N-dealkylation sites (N-methyl/N-ethyl adjacent to an activating group) is 1. The number of hydrogen-bond donors (Lipinski definition) is 1. The molecule has 122 valence electrons. The standard InChI is InChI=1S/C15H23N3O3S/c1-3-4-8-17(2)14(19)11-21-12-6-5-9-18(15(12)20)10-7-13(16)22/h5-6,9H,3-4,7-8,10-11H2,1-2H3,(H2,16,22). The van der Waals surface area contributed by atoms with Gasteiger partial charge in [0.1, 0.15) is 0 Å². The molecule has 1 aromatic heterocycles. The van der Waals surface area contributed by atoms with Gasteiger partial charge in [-0.15, -0.1) is 0 Å². The number of carbonyl (C=O) groups excluding carboxylic acids is 1. The van der Waals surface area contributed by atoms with E-state index in [2.05, 4.69) is 6.92 Å². The minimum atomic E-state index is -0.289. The Hall–Kier alpha value is -1.89. The normalized spacial score (nSPS) is 10.3. The number of pyridine rings is 1. The minimum Gasteiger partial charge on any atom is -0.478 e. The average Bonchev–Trinajstić information content (AvgIpc) is 2.49. The molecule has 0 radical (unpaired) electrons. The molecule has 0 aliphatic rings. The van der Waals surface area contributed by atoms with Crippen molar-refractivity contribution in [3.8, 4) is 5.75 Å². The zero-order chi connectivity index (χ0) is 16.5. The summed E-state index contributed by atoms with van der Waals surface area (Å²) in [5.74, 6) is 0.00840. The zero-order valence-electron chi connectivity index (χ0n) is 13.1. The van der Waals surface area contributed by atoms with Gasteiger partial charge in [0, 0.05) is 32.8 Å². The topological polar surface area (TPSA) is 77.6 Å². The number of hydrogen-bond acceptors (Lipinski definition) is 4. The van der Waals surface area contributed by atoms with Crippen LogP contribution in [0.5, 0.6) is 5.75 Å². The number of aromatic nitrogens is 1. The molecule has 1 amide bonds. The van der Waals surface area contributed by atoms with Crippen LogP contribution in [0, 0.1) is 0 Å². The predicted octanol–water partition coefficient (Wildman–Crippen LogP) is 1.16. The van der Waals surface area contributed by atoms with Crippen LogP contribution in [0.15, 0.2) is 23.1 Å². The lowest BCUT2D eigenvalue weighted by atomic mass is 10.3. The van der Waals surface area contributed by atoms with E-state index in [4.69, 9.17) is 22.7 Å². The van der Waals surface area contributed by atoms with Gasteiger partial charge < -0.3 is 19.9 Å². The fourth-order valence-corrected chi connectivity index (χ4v) is 1.89. The van der Waals surface area contributed by atoms with E-state index in [0.29, 0.717) is 24.5 Å². The van der Waals surface area contributed by atoms with E-state index in [9.17, 15) is 9.59 Å². The number of nitrogens with two attached hydrogens (primary N) is 1. The molecule has 1 rings (SSSR count). The molecule has 2 N–H and O–H groups in total. The van der Waals surface area contributed by atoms with Gasteiger partial charge in [0.2, 0.25) is 0 Å². The molecule has 0 spiro atoms. The number of carbonyl (C=O) groups is 1. The maximum absolute atomic E-state index is 12.2. The van der Waals surface area contributed by atoms with Crippen LogP contribution < -0.4 is 16.0 Å². The van der Waals surface area contributed by atoms with Crippen molar-refractivity contribution >= 4 is 23.1 Å². The molecular weight excluding hydrogens is 302 g/mol. The summed E-state index contributed by atoms with van der Waals surface area (Å²) in [6.45, 7) is 3.00. The zero-order valence-corrected chi connectivity index (χ0v) is 13.9. The molecule has 0 aromatic carbocycles. The molecule has 0 bridgehead atoms. The number of ether oxygens (including phenoxy) is 1. The Bertz CT molecular complexity index is 571. The number of amides is 1. The third-order valence-electron chi connectivity index (χ3n) is 3.21. The van der Waals surface area contributed by atoms with Crippen LogP contribution in [0.2, 0.25) is 0 Å². The smallest absolute Gasteiger partial charge is 0.292 e. The molecule has 0 aliphatic carbocycles. The number of nitrogens with zero attached hydrogens (tertiary/aromatic N) is 2. The number of rotatable bonds is 9. The number of thiocarbonyl (C=S) groups is 1. The van der Waals surface area contributed by atoms with Gasteiger partial charge in [-0.1, -0.05) is 25.6 Å². The molecule has 7 heteroatoms. The molecule has 1 heterocycles. The van der Waals surface area contributed by atoms with Crippen LogP contribution >= 0.6 is 12.2 Å². The third-order valence-corrected chi connectivity index (χ3v) is 3.41. The van der Waals surface area contributed by atoms with Gasteiger partial charge in [-0.3, -0.25) is 9.59 Å². The summed E-state index contributed by atoms with van der Waals surface area (Å²) >= 11 is 4.80. The Morgan fingerprint density at radius 1 is 1.50 bits per heavy atom. The Labute approximate surface area is 135 Å². The van der Waals surface area contributed by atoms with Crippen molar-refractivity contribution in [2.75, 3.05) is 20.2 Å². The highest BCUT2D eigenvalue weighted by molar-refractivity contribution is 7.80. The van der Waals surface area contributed by atoms with Gasteiger partial charge in [0.15, 0.2) is 12.4 Å². The van der Waals surface area contributed by atoms with Gasteiger partial charge in [-0.2, -0.15) is 0 Å². The molecule has 1 aromatic rings. The number of aryl methyl sites for hydroxylation is 1. The molecule has 6 nitrogen and oxygen atoms in total. The van der Waals surface area contributed by atoms with Gasteiger partial charge in [-0.05, 0) is 18.6 Å². The summed E-state index contributed by atoms with van der Waals surface area (Å²) in [7, 11) is 1.73. The predicted molar refractivity (Wildman–Crippen MR) is 90.1 cm³/mol. The van der Waals surface area contributed by atoms with E-state index in [1.54, 1.807) is 30.3 Å². The summed E-state index contributed by atoms with van der Waals surface area (Å²) in [5.41, 5.74) is 5.15. The molecule has 0 saturated carbocycles. The van der Waals surface area contributed by atoms with Crippen molar-refractivity contribution in [3.63, 3.8) is 0 Å². The van der Waals surface area contributed by atoms with Gasteiger partial charge in [-0.25, -0.2) is 0 Å². The first kappa shape index (κ1) is 18.2. The fourth-order valence-electron chi connectivity index (χ4n) is 1.80. The molecule has 0 unspecified atom stereocenters. The first-order valence-corrected chi connectivity index (χ1v) is 7.71. The van der Waals surface area contributed by atoms with Crippen molar-refractivity contribution in [1.82, 2.24) is 9.47 Å². The fraction of sp³-hybridized carbons (Fsp3) is 0.533. The van der Waals surface area contributed by atoms with Gasteiger partial charge >= 0.3 is 0 Å². The van der Waals surface area contributed by atoms with E-state index < -0.39 is 0 Å². The van der Waals surface area contributed by atoms with Crippen molar-refractivity contribution < 1.29 is 9.53 Å². The molecule has 0 aliphatic heterocycles. The highest BCUT2D eigenvalue weighted by Gasteiger charge is 2.11. The van der Waals surface area contributed by atoms with Crippen molar-refractivity contribution in [2.24, 2.45) is 5.73 Å². The first-order valence-electron chi connectivity index (χ1n) is 7.30. The molecule has 0 atom stereocenters. The second kappa shape index (κ2) is 9.19. The van der Waals surface area contributed by atoms with E-state index in [1.807, 2.05) is 0 Å². The van der Waals surface area contributed by atoms with Crippen molar-refractivity contribution in [1.29, 1.82) is 0 Å². The first-order chi connectivity index (χ1) is 10.5. The van der Waals surface area contributed by atoms with Gasteiger partial charge in [0.25, 0.3) is 11.5 Å². The maximum Gasteiger partial charge on any atom is 0.292 e. The summed E-state index contributed by atoms with van der Waals surface area (Å²) in [5, 5.41) is 0. The largest absolute Gasteiger partial charge is 0.478 e. The van der Waals surface area contributed by atoms with Crippen molar-refractivity contribution in [2.45, 2.75) is 32.7 Å². The van der Waals surface area contributed by atoms with Crippen LogP contribution in [0.3, 0.4) is 0 Å². The molecule has 22 heavy (non-hydrogen) atoms. The molecule has 0 fully saturated rings.